The van der Waals surface area contributed by atoms with E-state index < -0.39 is 0 Å². The van der Waals surface area contributed by atoms with Gasteiger partial charge in [0.15, 0.2) is 0 Å². The van der Waals surface area contributed by atoms with Crippen LogP contribution in [0.1, 0.15) is 101 Å². The molecule has 0 N–H and O–H groups in total. The van der Waals surface area contributed by atoms with Gasteiger partial charge in [-0.05, 0) is 138 Å². The van der Waals surface area contributed by atoms with Gasteiger partial charge in [0, 0.05) is 5.41 Å². The maximum atomic E-state index is 4.91. The minimum Gasteiger partial charge on any atom is -0.0955 e. The lowest BCUT2D eigenvalue weighted by Gasteiger charge is -2.62. The van der Waals surface area contributed by atoms with Gasteiger partial charge in [0.25, 0.3) is 0 Å². The third-order valence-electron chi connectivity index (χ3n) is 11.5. The average molecular weight is 543 g/mol. The molecule has 0 saturated heterocycles. The summed E-state index contributed by atoms with van der Waals surface area (Å²) in [5, 5.41) is 0. The molecule has 3 aliphatic carbocycles. The van der Waals surface area contributed by atoms with Crippen LogP contribution in [0.5, 0.6) is 0 Å². The molecule has 0 radical (unpaired) electrons. The van der Waals surface area contributed by atoms with Crippen LogP contribution < -0.4 is 0 Å². The van der Waals surface area contributed by atoms with Crippen LogP contribution in [0.4, 0.5) is 0 Å². The standard InChI is InChI=1S/C41H50/c1-13-32-21-34(20-19-26(4)33-17-15-14-16-18-33)28(6)37-29(7)38-31(9)41(12)30(8)36(25(2)3)27(5)22-40(41,11)24-39(38,10)23-35(32)37/h14-18,21H,2,4,7-8,13,19-20,22-24H2,1,3,5-6,9-12H3/t39-,40+,41-/m1/s1. The Kier molecular flexibility index (Phi) is 7.17. The van der Waals surface area contributed by atoms with Gasteiger partial charge in [-0.1, -0.05) is 107 Å². The molecule has 0 nitrogen and oxygen atoms in total. The molecule has 0 heteroatoms. The van der Waals surface area contributed by atoms with E-state index in [0.29, 0.717) is 0 Å². The number of fused-ring (bicyclic) bond motifs is 3. The van der Waals surface area contributed by atoms with E-state index in [9.17, 15) is 0 Å². The maximum absolute atomic E-state index is 4.91. The Balaban J connectivity index is 1.63. The largest absolute Gasteiger partial charge is 0.0955 e. The van der Waals surface area contributed by atoms with E-state index >= 15 is 0 Å². The van der Waals surface area contributed by atoms with Gasteiger partial charge in [0.2, 0.25) is 0 Å². The van der Waals surface area contributed by atoms with Gasteiger partial charge in [-0.25, -0.2) is 0 Å². The summed E-state index contributed by atoms with van der Waals surface area (Å²) < 4.78 is 0. The lowest BCUT2D eigenvalue weighted by molar-refractivity contribution is 0.0543. The molecular formula is C41H50. The summed E-state index contributed by atoms with van der Waals surface area (Å²) in [6, 6.07) is 13.1. The molecule has 3 aliphatic rings. The van der Waals surface area contributed by atoms with Crippen molar-refractivity contribution in [3.8, 4) is 0 Å². The fraction of sp³-hybridized carbons (Fsp3) is 0.415. The summed E-state index contributed by atoms with van der Waals surface area (Å²) >= 11 is 0. The van der Waals surface area contributed by atoms with Gasteiger partial charge in [0.1, 0.15) is 0 Å². The van der Waals surface area contributed by atoms with Crippen LogP contribution in [-0.4, -0.2) is 0 Å². The summed E-state index contributed by atoms with van der Waals surface area (Å²) in [5.74, 6) is 0. The van der Waals surface area contributed by atoms with Crippen LogP contribution in [-0.2, 0) is 19.3 Å². The van der Waals surface area contributed by atoms with Gasteiger partial charge < -0.3 is 0 Å². The van der Waals surface area contributed by atoms with Crippen LogP contribution in [0.3, 0.4) is 0 Å². The summed E-state index contributed by atoms with van der Waals surface area (Å²) in [5.41, 5.74) is 19.1. The molecule has 0 unspecified atom stereocenters. The van der Waals surface area contributed by atoms with Crippen LogP contribution >= 0.6 is 0 Å². The average Bonchev–Trinajstić information content (AvgIpc) is 2.90. The first-order valence-electron chi connectivity index (χ1n) is 15.5. The van der Waals surface area contributed by atoms with Crippen molar-refractivity contribution in [3.63, 3.8) is 0 Å². The minimum absolute atomic E-state index is 0.0587. The fourth-order valence-corrected chi connectivity index (χ4v) is 9.41. The lowest BCUT2D eigenvalue weighted by atomic mass is 9.41. The van der Waals surface area contributed by atoms with Crippen LogP contribution in [0.25, 0.3) is 11.1 Å². The maximum Gasteiger partial charge on any atom is 0.0194 e. The molecule has 0 heterocycles. The Morgan fingerprint density at radius 3 is 2.20 bits per heavy atom. The number of allylic oxidation sites excluding steroid dienone is 8. The molecule has 0 saturated carbocycles. The zero-order valence-electron chi connectivity index (χ0n) is 27.0. The number of hydrogen-bond donors (Lipinski definition) is 0. The van der Waals surface area contributed by atoms with Gasteiger partial charge >= 0.3 is 0 Å². The molecule has 0 spiro atoms. The van der Waals surface area contributed by atoms with Crippen LogP contribution in [0.2, 0.25) is 0 Å². The van der Waals surface area contributed by atoms with E-state index in [-0.39, 0.29) is 16.2 Å². The fourth-order valence-electron chi connectivity index (χ4n) is 9.41. The first-order valence-corrected chi connectivity index (χ1v) is 15.5. The Morgan fingerprint density at radius 2 is 1.59 bits per heavy atom. The molecule has 5 rings (SSSR count). The monoisotopic (exact) mass is 542 g/mol. The Labute approximate surface area is 250 Å². The molecule has 2 aromatic carbocycles. The van der Waals surface area contributed by atoms with Crippen molar-refractivity contribution < 1.29 is 0 Å². The summed E-state index contributed by atoms with van der Waals surface area (Å²) in [4.78, 5) is 0. The number of aryl methyl sites for hydroxylation is 2. The third kappa shape index (κ3) is 4.24. The van der Waals surface area contributed by atoms with Crippen molar-refractivity contribution in [1.82, 2.24) is 0 Å². The smallest absolute Gasteiger partial charge is 0.0194 e. The Hall–Kier alpha value is -3.12. The second kappa shape index (κ2) is 10.0. The van der Waals surface area contributed by atoms with Crippen LogP contribution in [0, 0.1) is 23.2 Å². The molecule has 0 aliphatic heterocycles. The van der Waals surface area contributed by atoms with E-state index in [1.165, 1.54) is 72.4 Å². The molecule has 0 fully saturated rings. The Bertz CT molecular complexity index is 1570. The molecule has 3 atom stereocenters. The Morgan fingerprint density at radius 1 is 0.927 bits per heavy atom. The lowest BCUT2D eigenvalue weighted by Crippen LogP contribution is -2.52. The zero-order chi connectivity index (χ0) is 30.1. The van der Waals surface area contributed by atoms with Crippen molar-refractivity contribution in [3.05, 3.63) is 130 Å². The van der Waals surface area contributed by atoms with E-state index in [1.54, 1.807) is 0 Å². The second-order valence-corrected chi connectivity index (χ2v) is 14.2. The molecule has 41 heavy (non-hydrogen) atoms. The molecule has 214 valence electrons. The summed E-state index contributed by atoms with van der Waals surface area (Å²) in [6.07, 6.45) is 6.33. The molecule has 0 aromatic heterocycles. The number of rotatable bonds is 6. The van der Waals surface area contributed by atoms with E-state index in [2.05, 4.69) is 105 Å². The van der Waals surface area contributed by atoms with E-state index in [0.717, 1.165) is 44.1 Å². The predicted octanol–water partition coefficient (Wildman–Crippen LogP) is 11.4. The molecule has 0 amide bonds. The predicted molar refractivity (Wildman–Crippen MR) is 180 cm³/mol. The van der Waals surface area contributed by atoms with Crippen LogP contribution in [0.15, 0.2) is 96.2 Å². The van der Waals surface area contributed by atoms with Crippen molar-refractivity contribution in [2.75, 3.05) is 0 Å². The first kappa shape index (κ1) is 29.4. The van der Waals surface area contributed by atoms with Gasteiger partial charge in [-0.2, -0.15) is 0 Å². The van der Waals surface area contributed by atoms with Crippen molar-refractivity contribution >= 4 is 11.1 Å². The normalized spacial score (nSPS) is 27.4. The molecule has 2 aromatic rings. The van der Waals surface area contributed by atoms with Gasteiger partial charge in [-0.15, -0.1) is 0 Å². The number of benzene rings is 2. The van der Waals surface area contributed by atoms with Gasteiger partial charge in [-0.3, -0.25) is 0 Å². The zero-order valence-corrected chi connectivity index (χ0v) is 27.0. The highest BCUT2D eigenvalue weighted by molar-refractivity contribution is 5.87. The highest BCUT2D eigenvalue weighted by Gasteiger charge is 2.59. The minimum atomic E-state index is -0.122. The second-order valence-electron chi connectivity index (χ2n) is 14.2. The topological polar surface area (TPSA) is 0 Å². The number of hydrogen-bond acceptors (Lipinski definition) is 0. The van der Waals surface area contributed by atoms with Gasteiger partial charge in [0.05, 0.1) is 0 Å². The van der Waals surface area contributed by atoms with Crippen molar-refractivity contribution in [2.24, 2.45) is 16.2 Å². The highest BCUT2D eigenvalue weighted by atomic mass is 14.6. The summed E-state index contributed by atoms with van der Waals surface area (Å²) in [7, 11) is 0. The molecule has 0 bridgehead atoms. The van der Waals surface area contributed by atoms with E-state index in [4.69, 9.17) is 13.2 Å². The quantitative estimate of drug-likeness (QED) is 0.340. The van der Waals surface area contributed by atoms with Crippen molar-refractivity contribution in [2.45, 2.75) is 93.9 Å². The SMILES string of the molecule is C=C(C)C1=C(C)C[C@@]2(C)C[C@@]3(C)Cc4c(CC)cc(CCC(=C)c5ccccc5)c(C)c4C(=C)C3=C(C)[C@@]2(C)C1=C. The van der Waals surface area contributed by atoms with E-state index in [1.807, 2.05) is 0 Å². The third-order valence-corrected chi connectivity index (χ3v) is 11.5. The molecular weight excluding hydrogens is 492 g/mol. The highest BCUT2D eigenvalue weighted by Crippen LogP contribution is 2.70. The first-order chi connectivity index (χ1) is 19.2. The summed E-state index contributed by atoms with van der Waals surface area (Å²) in [6.45, 7) is 37.5. The van der Waals surface area contributed by atoms with Crippen molar-refractivity contribution in [1.29, 1.82) is 0 Å².